The van der Waals surface area contributed by atoms with Gasteiger partial charge in [0, 0.05) is 17.8 Å². The Bertz CT molecular complexity index is 1650. The van der Waals surface area contributed by atoms with Crippen LogP contribution in [0.25, 0.3) is 0 Å². The third kappa shape index (κ3) is 8.84. The van der Waals surface area contributed by atoms with Crippen LogP contribution in [0.2, 0.25) is 0 Å². The lowest BCUT2D eigenvalue weighted by atomic mass is 10.0. The van der Waals surface area contributed by atoms with Crippen LogP contribution in [-0.4, -0.2) is 47.4 Å². The van der Waals surface area contributed by atoms with Crippen LogP contribution in [0.4, 0.5) is 24.5 Å². The number of carbonyl (C=O) groups is 3. The van der Waals surface area contributed by atoms with Crippen LogP contribution in [0.1, 0.15) is 48.3 Å². The number of ether oxygens (including phenoxy) is 3. The van der Waals surface area contributed by atoms with E-state index in [1.54, 1.807) is 20.8 Å². The number of hydrogen-bond acceptors (Lipinski definition) is 10. The molecule has 0 aliphatic rings. The van der Waals surface area contributed by atoms with E-state index in [1.165, 1.54) is 42.5 Å². The molecular weight excluding hydrogens is 617 g/mol. The molecule has 46 heavy (non-hydrogen) atoms. The van der Waals surface area contributed by atoms with Gasteiger partial charge in [0.2, 0.25) is 0 Å². The van der Waals surface area contributed by atoms with Gasteiger partial charge in [0.25, 0.3) is 17.5 Å². The Labute approximate surface area is 259 Å². The quantitative estimate of drug-likeness (QED) is 0.0474. The summed E-state index contributed by atoms with van der Waals surface area (Å²) in [5.74, 6) is -5.36. The van der Waals surface area contributed by atoms with Crippen molar-refractivity contribution in [3.05, 3.63) is 87.5 Å². The van der Waals surface area contributed by atoms with E-state index in [9.17, 15) is 37.7 Å². The second-order valence-electron chi connectivity index (χ2n) is 9.61. The molecule has 244 valence electrons. The lowest BCUT2D eigenvalue weighted by Crippen LogP contribution is -2.45. The van der Waals surface area contributed by atoms with Gasteiger partial charge in [-0.2, -0.15) is 13.2 Å². The van der Waals surface area contributed by atoms with Crippen LogP contribution >= 0.6 is 0 Å². The van der Waals surface area contributed by atoms with Gasteiger partial charge in [-0.1, -0.05) is 18.2 Å². The topological polar surface area (TPSA) is 208 Å². The number of nitro benzene ring substituents is 1. The zero-order valence-electron chi connectivity index (χ0n) is 24.6. The number of esters is 1. The average Bonchev–Trinajstić information content (AvgIpc) is 2.98. The number of benzene rings is 3. The van der Waals surface area contributed by atoms with E-state index in [4.69, 9.17) is 20.6 Å². The SMILES string of the molecule is CCOc1cc(C(Nc2ccc(C(=N)N)c(OC(=O)C(F)(F)F)c2)C(=O)NNC(=O)c2ccccc2[N+](=O)[O-])ccc1OC(C)C. The largest absolute Gasteiger partial charge is 0.491 e. The Morgan fingerprint density at radius 3 is 2.28 bits per heavy atom. The van der Waals surface area contributed by atoms with Gasteiger partial charge in [-0.15, -0.1) is 0 Å². The summed E-state index contributed by atoms with van der Waals surface area (Å²) in [6, 6.07) is 11.3. The molecule has 17 heteroatoms. The summed E-state index contributed by atoms with van der Waals surface area (Å²) >= 11 is 0. The minimum absolute atomic E-state index is 0.0689. The molecule has 0 spiro atoms. The van der Waals surface area contributed by atoms with E-state index in [2.05, 4.69) is 20.9 Å². The van der Waals surface area contributed by atoms with E-state index in [1.807, 2.05) is 0 Å². The van der Waals surface area contributed by atoms with Crippen molar-refractivity contribution in [3.63, 3.8) is 0 Å². The molecule has 0 heterocycles. The smallest absolute Gasteiger partial charge is 0.490 e. The van der Waals surface area contributed by atoms with E-state index in [-0.39, 0.29) is 40.8 Å². The standard InChI is InChI=1S/C29H29F3N6O8/c1-4-44-23-13-16(9-12-21(23)45-15(2)3)24(27(40)37-36-26(39)18-7-5-6-8-20(18)38(42)43)35-17-10-11-19(25(33)34)22(14-17)46-28(41)29(30,31)32/h5-15,24,35H,4H2,1-3H3,(H3,33,34)(H,36,39)(H,37,40). The molecule has 1 atom stereocenters. The number of anilines is 1. The Hall–Kier alpha value is -5.87. The number of nitrogens with two attached hydrogens (primary N) is 1. The van der Waals surface area contributed by atoms with Gasteiger partial charge in [0.1, 0.15) is 23.2 Å². The van der Waals surface area contributed by atoms with Gasteiger partial charge in [-0.05, 0) is 56.7 Å². The Morgan fingerprint density at radius 1 is 0.978 bits per heavy atom. The highest BCUT2D eigenvalue weighted by Crippen LogP contribution is 2.34. The van der Waals surface area contributed by atoms with Crippen LogP contribution in [0, 0.1) is 15.5 Å². The maximum Gasteiger partial charge on any atom is 0.491 e. The van der Waals surface area contributed by atoms with Gasteiger partial charge in [0.05, 0.1) is 23.2 Å². The second kappa shape index (κ2) is 14.7. The molecule has 3 rings (SSSR count). The number of para-hydroxylation sites is 1. The molecule has 3 aromatic rings. The highest BCUT2D eigenvalue weighted by Gasteiger charge is 2.42. The number of hydrazine groups is 1. The number of alkyl halides is 3. The molecule has 0 fully saturated rings. The van der Waals surface area contributed by atoms with Crippen molar-refractivity contribution in [2.75, 3.05) is 11.9 Å². The second-order valence-corrected chi connectivity index (χ2v) is 9.61. The minimum atomic E-state index is -5.36. The molecule has 0 radical (unpaired) electrons. The predicted molar refractivity (Wildman–Crippen MR) is 158 cm³/mol. The third-order valence-electron chi connectivity index (χ3n) is 5.89. The maximum atomic E-state index is 13.5. The number of hydrogen-bond donors (Lipinski definition) is 5. The number of amidine groups is 1. The first-order chi connectivity index (χ1) is 21.6. The molecule has 0 aliphatic heterocycles. The number of nitro groups is 1. The maximum absolute atomic E-state index is 13.5. The molecule has 6 N–H and O–H groups in total. The molecule has 2 amide bonds. The lowest BCUT2D eigenvalue weighted by molar-refractivity contribution is -0.385. The van der Waals surface area contributed by atoms with E-state index >= 15 is 0 Å². The number of amides is 2. The fourth-order valence-electron chi connectivity index (χ4n) is 3.95. The molecule has 0 bridgehead atoms. The highest BCUT2D eigenvalue weighted by atomic mass is 19.4. The Morgan fingerprint density at radius 2 is 1.67 bits per heavy atom. The van der Waals surface area contributed by atoms with Crippen molar-refractivity contribution in [1.29, 1.82) is 5.41 Å². The monoisotopic (exact) mass is 646 g/mol. The van der Waals surface area contributed by atoms with E-state index in [0.29, 0.717) is 5.75 Å². The summed E-state index contributed by atoms with van der Waals surface area (Å²) < 4.78 is 54.7. The minimum Gasteiger partial charge on any atom is -0.490 e. The molecule has 0 aromatic heterocycles. The molecule has 0 saturated heterocycles. The van der Waals surface area contributed by atoms with Crippen LogP contribution in [0.3, 0.4) is 0 Å². The van der Waals surface area contributed by atoms with Crippen molar-refractivity contribution < 1.29 is 46.7 Å². The van der Waals surface area contributed by atoms with Crippen LogP contribution in [-0.2, 0) is 9.59 Å². The fourth-order valence-corrected chi connectivity index (χ4v) is 3.95. The third-order valence-corrected chi connectivity index (χ3v) is 5.89. The van der Waals surface area contributed by atoms with Gasteiger partial charge in [0.15, 0.2) is 11.5 Å². The van der Waals surface area contributed by atoms with Crippen molar-refractivity contribution in [1.82, 2.24) is 10.9 Å². The van der Waals surface area contributed by atoms with Crippen LogP contribution in [0.15, 0.2) is 60.7 Å². The van der Waals surface area contributed by atoms with Crippen molar-refractivity contribution >= 4 is 35.0 Å². The highest BCUT2D eigenvalue weighted by molar-refractivity contribution is 6.00. The molecule has 1 unspecified atom stereocenters. The first-order valence-electron chi connectivity index (χ1n) is 13.4. The number of nitrogens with one attached hydrogen (secondary N) is 4. The summed E-state index contributed by atoms with van der Waals surface area (Å²) in [5.41, 5.74) is 8.67. The van der Waals surface area contributed by atoms with Crippen LogP contribution in [0.5, 0.6) is 17.2 Å². The zero-order chi connectivity index (χ0) is 34.2. The van der Waals surface area contributed by atoms with Crippen LogP contribution < -0.4 is 36.1 Å². The summed E-state index contributed by atoms with van der Waals surface area (Å²) in [6.45, 7) is 5.51. The normalized spacial score (nSPS) is 11.6. The van der Waals surface area contributed by atoms with Gasteiger partial charge >= 0.3 is 12.1 Å². The molecular formula is C29H29F3N6O8. The number of rotatable bonds is 12. The summed E-state index contributed by atoms with van der Waals surface area (Å²) in [6.07, 6.45) is -5.60. The molecule has 3 aromatic carbocycles. The average molecular weight is 647 g/mol. The van der Waals surface area contributed by atoms with Crippen molar-refractivity contribution in [3.8, 4) is 17.2 Å². The molecule has 0 aliphatic carbocycles. The number of carbonyl (C=O) groups excluding carboxylic acids is 3. The van der Waals surface area contributed by atoms with E-state index in [0.717, 1.165) is 18.2 Å². The summed E-state index contributed by atoms with van der Waals surface area (Å²) in [4.78, 5) is 48.4. The van der Waals surface area contributed by atoms with Crippen molar-refractivity contribution in [2.24, 2.45) is 5.73 Å². The Kier molecular flexibility index (Phi) is 11.1. The van der Waals surface area contributed by atoms with E-state index < -0.39 is 52.2 Å². The summed E-state index contributed by atoms with van der Waals surface area (Å²) in [5, 5.41) is 21.8. The number of nitrogens with zero attached hydrogens (tertiary/aromatic N) is 1. The van der Waals surface area contributed by atoms with Gasteiger partial charge < -0.3 is 25.3 Å². The first-order valence-corrected chi connectivity index (χ1v) is 13.4. The number of halogens is 3. The fraction of sp³-hybridized carbons (Fsp3) is 0.241. The van der Waals surface area contributed by atoms with Crippen molar-refractivity contribution in [2.45, 2.75) is 39.1 Å². The predicted octanol–water partition coefficient (Wildman–Crippen LogP) is 4.15. The Balaban J connectivity index is 2.02. The lowest BCUT2D eigenvalue weighted by Gasteiger charge is -2.23. The number of nitrogen functional groups attached to an aromatic ring is 1. The molecule has 14 nitrogen and oxygen atoms in total. The summed E-state index contributed by atoms with van der Waals surface area (Å²) in [7, 11) is 0. The first kappa shape index (κ1) is 34.6. The molecule has 0 saturated carbocycles. The van der Waals surface area contributed by atoms with Gasteiger partial charge in [-0.3, -0.25) is 36.0 Å². The zero-order valence-corrected chi connectivity index (χ0v) is 24.6. The van der Waals surface area contributed by atoms with Gasteiger partial charge in [-0.25, -0.2) is 4.79 Å².